The lowest BCUT2D eigenvalue weighted by atomic mass is 9.98. The van der Waals surface area contributed by atoms with Gasteiger partial charge >= 0.3 is 5.97 Å². The van der Waals surface area contributed by atoms with Crippen LogP contribution in [0.5, 0.6) is 0 Å². The number of fused-ring (bicyclic) bond motifs is 1. The quantitative estimate of drug-likeness (QED) is 0.695. The number of anilines is 1. The molecule has 4 nitrogen and oxygen atoms in total. The zero-order chi connectivity index (χ0) is 14.7. The van der Waals surface area contributed by atoms with E-state index in [9.17, 15) is 4.79 Å². The van der Waals surface area contributed by atoms with Crippen LogP contribution >= 0.6 is 0 Å². The van der Waals surface area contributed by atoms with Gasteiger partial charge in [0.25, 0.3) is 0 Å². The normalized spacial score (nSPS) is 17.0. The minimum absolute atomic E-state index is 0.187. The molecule has 0 fully saturated rings. The van der Waals surface area contributed by atoms with Crippen molar-refractivity contribution in [2.45, 2.75) is 12.5 Å². The minimum atomic E-state index is -0.360. The highest BCUT2D eigenvalue weighted by Gasteiger charge is 2.22. The molecule has 0 aliphatic carbocycles. The van der Waals surface area contributed by atoms with Crippen LogP contribution in [-0.2, 0) is 15.9 Å². The predicted octanol–water partition coefficient (Wildman–Crippen LogP) is 2.74. The van der Waals surface area contributed by atoms with Crippen molar-refractivity contribution in [2.24, 2.45) is 0 Å². The van der Waals surface area contributed by atoms with E-state index >= 15 is 0 Å². The molecule has 2 aromatic carbocycles. The average molecular weight is 283 g/mol. The van der Waals surface area contributed by atoms with E-state index in [0.29, 0.717) is 17.9 Å². The Labute approximate surface area is 123 Å². The molecule has 1 aliphatic rings. The molecule has 2 aromatic rings. The molecule has 21 heavy (non-hydrogen) atoms. The Morgan fingerprint density at radius 3 is 2.76 bits per heavy atom. The van der Waals surface area contributed by atoms with Crippen molar-refractivity contribution in [3.8, 4) is 0 Å². The van der Waals surface area contributed by atoms with Crippen LogP contribution in [0.4, 0.5) is 5.69 Å². The number of hydrogen-bond donors (Lipinski definition) is 1. The van der Waals surface area contributed by atoms with Gasteiger partial charge in [0.05, 0.1) is 12.2 Å². The number of nitrogens with two attached hydrogens (primary N) is 1. The zero-order valence-electron chi connectivity index (χ0n) is 11.6. The summed E-state index contributed by atoms with van der Waals surface area (Å²) in [7, 11) is 0. The summed E-state index contributed by atoms with van der Waals surface area (Å²) >= 11 is 0. The van der Waals surface area contributed by atoms with E-state index in [1.165, 1.54) is 5.56 Å². The third-order valence-corrected chi connectivity index (χ3v) is 3.60. The Morgan fingerprint density at radius 2 is 1.95 bits per heavy atom. The van der Waals surface area contributed by atoms with E-state index in [4.69, 9.17) is 15.2 Å². The van der Waals surface area contributed by atoms with Gasteiger partial charge in [-0.1, -0.05) is 24.3 Å². The van der Waals surface area contributed by atoms with Crippen molar-refractivity contribution >= 4 is 11.7 Å². The van der Waals surface area contributed by atoms with Crippen LogP contribution in [0, 0.1) is 0 Å². The highest BCUT2D eigenvalue weighted by molar-refractivity contribution is 5.89. The molecule has 3 rings (SSSR count). The van der Waals surface area contributed by atoms with E-state index < -0.39 is 0 Å². The van der Waals surface area contributed by atoms with E-state index in [-0.39, 0.29) is 18.7 Å². The standard InChI is InChI=1S/C17H17NO3/c18-14-7-5-13(6-8-14)17(19)21-11-16-15-4-2-1-3-12(15)9-10-20-16/h1-8,16H,9-11,18H2. The Balaban J connectivity index is 1.66. The fourth-order valence-electron chi connectivity index (χ4n) is 2.47. The highest BCUT2D eigenvalue weighted by Crippen LogP contribution is 2.27. The van der Waals surface area contributed by atoms with E-state index in [0.717, 1.165) is 12.0 Å². The van der Waals surface area contributed by atoms with Gasteiger partial charge in [-0.25, -0.2) is 4.79 Å². The topological polar surface area (TPSA) is 61.6 Å². The second kappa shape index (κ2) is 5.97. The number of carbonyl (C=O) groups excluding carboxylic acids is 1. The average Bonchev–Trinajstić information content (AvgIpc) is 2.53. The number of nitrogen functional groups attached to an aromatic ring is 1. The monoisotopic (exact) mass is 283 g/mol. The Morgan fingerprint density at radius 1 is 1.19 bits per heavy atom. The number of rotatable bonds is 3. The molecule has 0 amide bonds. The summed E-state index contributed by atoms with van der Waals surface area (Å²) in [5.74, 6) is -0.360. The first-order chi connectivity index (χ1) is 10.2. The largest absolute Gasteiger partial charge is 0.459 e. The van der Waals surface area contributed by atoms with Crippen LogP contribution in [-0.4, -0.2) is 19.2 Å². The lowest BCUT2D eigenvalue weighted by Crippen LogP contribution is -2.22. The first kappa shape index (κ1) is 13.6. The second-order valence-corrected chi connectivity index (χ2v) is 5.03. The van der Waals surface area contributed by atoms with Gasteiger partial charge in [-0.05, 0) is 41.8 Å². The molecule has 0 saturated carbocycles. The van der Waals surface area contributed by atoms with Gasteiger partial charge in [-0.2, -0.15) is 0 Å². The maximum Gasteiger partial charge on any atom is 0.338 e. The van der Waals surface area contributed by atoms with Gasteiger partial charge in [0.1, 0.15) is 12.7 Å². The highest BCUT2D eigenvalue weighted by atomic mass is 16.6. The Bertz CT molecular complexity index is 637. The number of hydrogen-bond acceptors (Lipinski definition) is 4. The fourth-order valence-corrected chi connectivity index (χ4v) is 2.47. The van der Waals surface area contributed by atoms with Gasteiger partial charge in [0.2, 0.25) is 0 Å². The smallest absolute Gasteiger partial charge is 0.338 e. The Kier molecular flexibility index (Phi) is 3.88. The van der Waals surface area contributed by atoms with Crippen LogP contribution in [0.2, 0.25) is 0 Å². The lowest BCUT2D eigenvalue weighted by Gasteiger charge is -2.25. The minimum Gasteiger partial charge on any atom is -0.459 e. The van der Waals surface area contributed by atoms with Gasteiger partial charge in [0, 0.05) is 5.69 Å². The molecule has 1 unspecified atom stereocenters. The maximum atomic E-state index is 12.0. The molecule has 2 N–H and O–H groups in total. The summed E-state index contributed by atoms with van der Waals surface area (Å²) in [5.41, 5.74) is 9.08. The Hall–Kier alpha value is -2.33. The maximum absolute atomic E-state index is 12.0. The zero-order valence-corrected chi connectivity index (χ0v) is 11.6. The fraction of sp³-hybridized carbons (Fsp3) is 0.235. The molecule has 0 bridgehead atoms. The lowest BCUT2D eigenvalue weighted by molar-refractivity contribution is -0.0153. The van der Waals surface area contributed by atoms with E-state index in [1.807, 2.05) is 18.2 Å². The van der Waals surface area contributed by atoms with E-state index in [1.54, 1.807) is 24.3 Å². The molecule has 1 atom stereocenters. The number of carbonyl (C=O) groups is 1. The van der Waals surface area contributed by atoms with Gasteiger partial charge in [-0.3, -0.25) is 0 Å². The molecule has 4 heteroatoms. The summed E-state index contributed by atoms with van der Waals surface area (Å²) in [6.45, 7) is 0.876. The summed E-state index contributed by atoms with van der Waals surface area (Å²) in [4.78, 5) is 12.0. The van der Waals surface area contributed by atoms with Gasteiger partial charge in [-0.15, -0.1) is 0 Å². The summed E-state index contributed by atoms with van der Waals surface area (Å²) < 4.78 is 11.1. The molecule has 1 heterocycles. The molecule has 0 spiro atoms. The summed E-state index contributed by atoms with van der Waals surface area (Å²) in [6, 6.07) is 14.8. The van der Waals surface area contributed by atoms with Crippen LogP contribution in [0.3, 0.4) is 0 Å². The van der Waals surface area contributed by atoms with Crippen LogP contribution in [0.25, 0.3) is 0 Å². The number of esters is 1. The van der Waals surface area contributed by atoms with Crippen molar-refractivity contribution in [3.63, 3.8) is 0 Å². The second-order valence-electron chi connectivity index (χ2n) is 5.03. The van der Waals surface area contributed by atoms with Crippen molar-refractivity contribution in [1.29, 1.82) is 0 Å². The molecule has 0 aromatic heterocycles. The predicted molar refractivity (Wildman–Crippen MR) is 80.0 cm³/mol. The third-order valence-electron chi connectivity index (χ3n) is 3.60. The number of benzene rings is 2. The SMILES string of the molecule is Nc1ccc(C(=O)OCC2OCCc3ccccc32)cc1. The number of ether oxygens (including phenoxy) is 2. The molecule has 1 aliphatic heterocycles. The molecular formula is C17H17NO3. The molecule has 108 valence electrons. The van der Waals surface area contributed by atoms with Crippen LogP contribution in [0.15, 0.2) is 48.5 Å². The van der Waals surface area contributed by atoms with Crippen molar-refractivity contribution in [2.75, 3.05) is 18.9 Å². The van der Waals surface area contributed by atoms with Crippen LogP contribution < -0.4 is 5.73 Å². The first-order valence-electron chi connectivity index (χ1n) is 6.96. The molecular weight excluding hydrogens is 266 g/mol. The van der Waals surface area contributed by atoms with Crippen LogP contribution in [0.1, 0.15) is 27.6 Å². The van der Waals surface area contributed by atoms with Crippen molar-refractivity contribution < 1.29 is 14.3 Å². The van der Waals surface area contributed by atoms with Gasteiger partial charge in [0.15, 0.2) is 0 Å². The van der Waals surface area contributed by atoms with E-state index in [2.05, 4.69) is 6.07 Å². The summed E-state index contributed by atoms with van der Waals surface area (Å²) in [6.07, 6.45) is 0.714. The first-order valence-corrected chi connectivity index (χ1v) is 6.96. The molecule has 0 saturated heterocycles. The van der Waals surface area contributed by atoms with Gasteiger partial charge < -0.3 is 15.2 Å². The van der Waals surface area contributed by atoms with Crippen molar-refractivity contribution in [3.05, 3.63) is 65.2 Å². The van der Waals surface area contributed by atoms with Crippen molar-refractivity contribution in [1.82, 2.24) is 0 Å². The molecule has 0 radical (unpaired) electrons. The third kappa shape index (κ3) is 3.06. The summed E-state index contributed by atoms with van der Waals surface area (Å²) in [5, 5.41) is 0.